The number of thioether (sulfide) groups is 1. The summed E-state index contributed by atoms with van der Waals surface area (Å²) in [5, 5.41) is 1.07. The molecular formula is C8H8N2S. The van der Waals surface area contributed by atoms with Crippen molar-refractivity contribution in [2.45, 2.75) is 5.03 Å². The number of nitrogens with one attached hydrogen (secondary N) is 1. The van der Waals surface area contributed by atoms with Crippen molar-refractivity contribution in [2.75, 3.05) is 6.26 Å². The minimum Gasteiger partial charge on any atom is -0.360 e. The van der Waals surface area contributed by atoms with Gasteiger partial charge in [0.05, 0.1) is 16.1 Å². The quantitative estimate of drug-likeness (QED) is 0.655. The summed E-state index contributed by atoms with van der Waals surface area (Å²) < 4.78 is 0. The first-order chi connectivity index (χ1) is 5.40. The number of aromatic nitrogens is 2. The zero-order valence-corrected chi connectivity index (χ0v) is 6.98. The molecule has 0 spiro atoms. The summed E-state index contributed by atoms with van der Waals surface area (Å²) in [6.45, 7) is 0. The van der Waals surface area contributed by atoms with Crippen molar-refractivity contribution in [3.63, 3.8) is 0 Å². The summed E-state index contributed by atoms with van der Waals surface area (Å²) in [5.41, 5.74) is 2.14. The molecule has 0 aliphatic carbocycles. The molecule has 0 saturated heterocycles. The van der Waals surface area contributed by atoms with Crippen LogP contribution in [0.4, 0.5) is 0 Å². The van der Waals surface area contributed by atoms with E-state index in [0.29, 0.717) is 0 Å². The molecule has 2 heterocycles. The third-order valence-corrected chi connectivity index (χ3v) is 2.23. The highest BCUT2D eigenvalue weighted by atomic mass is 32.2. The Morgan fingerprint density at radius 2 is 2.27 bits per heavy atom. The summed E-state index contributed by atoms with van der Waals surface area (Å²) >= 11 is 1.66. The lowest BCUT2D eigenvalue weighted by Gasteiger charge is -1.93. The predicted octanol–water partition coefficient (Wildman–Crippen LogP) is 2.28. The fourth-order valence-electron chi connectivity index (χ4n) is 1.03. The van der Waals surface area contributed by atoms with Crippen LogP contribution in [0.1, 0.15) is 0 Å². The van der Waals surface area contributed by atoms with Crippen LogP contribution in [0.15, 0.2) is 29.4 Å². The average Bonchev–Trinajstić information content (AvgIpc) is 2.50. The summed E-state index contributed by atoms with van der Waals surface area (Å²) in [4.78, 5) is 7.48. The maximum absolute atomic E-state index is 4.39. The molecule has 0 amide bonds. The van der Waals surface area contributed by atoms with E-state index in [9.17, 15) is 0 Å². The number of hydrogen-bond acceptors (Lipinski definition) is 2. The van der Waals surface area contributed by atoms with Gasteiger partial charge in [0.2, 0.25) is 0 Å². The fourth-order valence-corrected chi connectivity index (χ4v) is 1.42. The number of H-pyrrole nitrogens is 1. The standard InChI is InChI=1S/C8H8N2S/c1-11-8-3-2-6-7(10-8)4-5-9-6/h2-5,9H,1H3. The maximum Gasteiger partial charge on any atom is 0.0966 e. The molecule has 0 aliphatic rings. The molecule has 0 fully saturated rings. The van der Waals surface area contributed by atoms with E-state index < -0.39 is 0 Å². The molecule has 0 saturated carbocycles. The minimum absolute atomic E-state index is 1.04. The average molecular weight is 164 g/mol. The number of rotatable bonds is 1. The first-order valence-electron chi connectivity index (χ1n) is 3.38. The molecule has 0 radical (unpaired) electrons. The van der Waals surface area contributed by atoms with Crippen LogP contribution in [-0.2, 0) is 0 Å². The van der Waals surface area contributed by atoms with E-state index in [1.54, 1.807) is 11.8 Å². The molecule has 11 heavy (non-hydrogen) atoms. The van der Waals surface area contributed by atoms with Gasteiger partial charge in [0, 0.05) is 6.20 Å². The van der Waals surface area contributed by atoms with Gasteiger partial charge in [-0.25, -0.2) is 4.98 Å². The Morgan fingerprint density at radius 3 is 3.09 bits per heavy atom. The maximum atomic E-state index is 4.39. The molecular weight excluding hydrogens is 156 g/mol. The van der Waals surface area contributed by atoms with E-state index in [1.807, 2.05) is 30.7 Å². The zero-order valence-electron chi connectivity index (χ0n) is 6.16. The van der Waals surface area contributed by atoms with Crippen molar-refractivity contribution in [1.82, 2.24) is 9.97 Å². The molecule has 2 aromatic rings. The highest BCUT2D eigenvalue weighted by molar-refractivity contribution is 7.98. The van der Waals surface area contributed by atoms with Gasteiger partial charge >= 0.3 is 0 Å². The third kappa shape index (κ3) is 1.12. The number of fused-ring (bicyclic) bond motifs is 1. The first kappa shape index (κ1) is 6.73. The van der Waals surface area contributed by atoms with E-state index in [0.717, 1.165) is 16.1 Å². The molecule has 0 aromatic carbocycles. The summed E-state index contributed by atoms with van der Waals surface area (Å²) in [6.07, 6.45) is 3.93. The van der Waals surface area contributed by atoms with Crippen molar-refractivity contribution < 1.29 is 0 Å². The Balaban J connectivity index is 2.67. The lowest BCUT2D eigenvalue weighted by molar-refractivity contribution is 1.20. The molecule has 2 rings (SSSR count). The second-order valence-electron chi connectivity index (χ2n) is 2.26. The molecule has 1 N–H and O–H groups in total. The molecule has 0 bridgehead atoms. The first-order valence-corrected chi connectivity index (χ1v) is 4.61. The molecule has 0 unspecified atom stereocenters. The lowest BCUT2D eigenvalue weighted by Crippen LogP contribution is -1.77. The normalized spacial score (nSPS) is 10.6. The Morgan fingerprint density at radius 1 is 1.36 bits per heavy atom. The van der Waals surface area contributed by atoms with Crippen molar-refractivity contribution >= 4 is 22.8 Å². The van der Waals surface area contributed by atoms with Gasteiger partial charge in [0.25, 0.3) is 0 Å². The van der Waals surface area contributed by atoms with Gasteiger partial charge in [-0.2, -0.15) is 0 Å². The number of aromatic amines is 1. The second-order valence-corrected chi connectivity index (χ2v) is 3.09. The van der Waals surface area contributed by atoms with Crippen molar-refractivity contribution in [1.29, 1.82) is 0 Å². The van der Waals surface area contributed by atoms with Crippen LogP contribution < -0.4 is 0 Å². The van der Waals surface area contributed by atoms with E-state index in [1.165, 1.54) is 0 Å². The highest BCUT2D eigenvalue weighted by Crippen LogP contribution is 2.16. The molecule has 0 aliphatic heterocycles. The van der Waals surface area contributed by atoms with Gasteiger partial charge in [-0.1, -0.05) is 0 Å². The number of nitrogens with zero attached hydrogens (tertiary/aromatic N) is 1. The van der Waals surface area contributed by atoms with Crippen LogP contribution in [0.3, 0.4) is 0 Å². The Bertz CT molecular complexity index is 367. The smallest absolute Gasteiger partial charge is 0.0966 e. The summed E-state index contributed by atoms with van der Waals surface area (Å²) in [6, 6.07) is 6.05. The Hall–Kier alpha value is -0.960. The van der Waals surface area contributed by atoms with Gasteiger partial charge in [-0.3, -0.25) is 0 Å². The van der Waals surface area contributed by atoms with E-state index in [4.69, 9.17) is 0 Å². The monoisotopic (exact) mass is 164 g/mol. The van der Waals surface area contributed by atoms with Crippen LogP contribution in [0.5, 0.6) is 0 Å². The molecule has 0 atom stereocenters. The molecule has 2 aromatic heterocycles. The van der Waals surface area contributed by atoms with Crippen molar-refractivity contribution in [2.24, 2.45) is 0 Å². The molecule has 3 heteroatoms. The van der Waals surface area contributed by atoms with E-state index in [2.05, 4.69) is 9.97 Å². The van der Waals surface area contributed by atoms with Gasteiger partial charge < -0.3 is 4.98 Å². The number of pyridine rings is 1. The number of hydrogen-bond donors (Lipinski definition) is 1. The largest absolute Gasteiger partial charge is 0.360 e. The fraction of sp³-hybridized carbons (Fsp3) is 0.125. The predicted molar refractivity (Wildman–Crippen MR) is 47.9 cm³/mol. The third-order valence-electron chi connectivity index (χ3n) is 1.59. The van der Waals surface area contributed by atoms with Gasteiger partial charge in [-0.15, -0.1) is 11.8 Å². The van der Waals surface area contributed by atoms with Crippen LogP contribution in [0.25, 0.3) is 11.0 Å². The van der Waals surface area contributed by atoms with E-state index in [-0.39, 0.29) is 0 Å². The van der Waals surface area contributed by atoms with Crippen LogP contribution in [0.2, 0.25) is 0 Å². The molecule has 56 valence electrons. The van der Waals surface area contributed by atoms with Gasteiger partial charge in [0.1, 0.15) is 0 Å². The Kier molecular flexibility index (Phi) is 1.58. The van der Waals surface area contributed by atoms with Gasteiger partial charge in [-0.05, 0) is 24.5 Å². The van der Waals surface area contributed by atoms with Crippen LogP contribution >= 0.6 is 11.8 Å². The van der Waals surface area contributed by atoms with Crippen molar-refractivity contribution in [3.05, 3.63) is 24.4 Å². The zero-order chi connectivity index (χ0) is 7.68. The summed E-state index contributed by atoms with van der Waals surface area (Å²) in [7, 11) is 0. The highest BCUT2D eigenvalue weighted by Gasteiger charge is 1.95. The minimum atomic E-state index is 1.04. The van der Waals surface area contributed by atoms with E-state index >= 15 is 0 Å². The van der Waals surface area contributed by atoms with Gasteiger partial charge in [0.15, 0.2) is 0 Å². The van der Waals surface area contributed by atoms with Crippen LogP contribution in [-0.4, -0.2) is 16.2 Å². The van der Waals surface area contributed by atoms with Crippen molar-refractivity contribution in [3.8, 4) is 0 Å². The summed E-state index contributed by atoms with van der Waals surface area (Å²) in [5.74, 6) is 0. The second kappa shape index (κ2) is 2.58. The SMILES string of the molecule is CSc1ccc2[nH]ccc2n1. The topological polar surface area (TPSA) is 28.7 Å². The Labute approximate surface area is 69.0 Å². The van der Waals surface area contributed by atoms with Crippen LogP contribution in [0, 0.1) is 0 Å². The molecule has 2 nitrogen and oxygen atoms in total. The lowest BCUT2D eigenvalue weighted by atomic mass is 10.4.